The van der Waals surface area contributed by atoms with E-state index in [1.165, 1.54) is 10.5 Å². The summed E-state index contributed by atoms with van der Waals surface area (Å²) in [5, 5.41) is 4.74. The van der Waals surface area contributed by atoms with E-state index in [1.54, 1.807) is 0 Å². The molecule has 0 aromatic heterocycles. The van der Waals surface area contributed by atoms with Gasteiger partial charge in [0, 0.05) is 21.7 Å². The number of nitrogens with one attached hydrogen (secondary N) is 1. The molecular weight excluding hydrogens is 202 g/mol. The van der Waals surface area contributed by atoms with Crippen LogP contribution in [0.15, 0.2) is 23.1 Å². The molecule has 0 bridgehead atoms. The first-order chi connectivity index (χ1) is 6.29. The molecule has 1 nitrogen and oxygen atoms in total. The minimum absolute atomic E-state index is 0.679. The van der Waals surface area contributed by atoms with Gasteiger partial charge >= 0.3 is 0 Å². The molecule has 0 radical (unpaired) electrons. The minimum atomic E-state index is 0.679. The Labute approximate surface area is 87.9 Å². The van der Waals surface area contributed by atoms with Crippen molar-refractivity contribution in [2.75, 3.05) is 13.6 Å². The molecule has 0 aliphatic carbocycles. The number of halogens is 1. The van der Waals surface area contributed by atoms with Crippen LogP contribution in [0.3, 0.4) is 0 Å². The van der Waals surface area contributed by atoms with E-state index in [0.717, 1.165) is 18.0 Å². The van der Waals surface area contributed by atoms with E-state index in [0.29, 0.717) is 5.25 Å². The standard InChI is InChI=1S/C10H12ClNS/c1-12-6-9-5-7-4-8(11)2-3-10(7)13-9/h2-4,9,12H,5-6H2,1H3. The van der Waals surface area contributed by atoms with Crippen molar-refractivity contribution in [3.05, 3.63) is 28.8 Å². The fourth-order valence-corrected chi connectivity index (χ4v) is 3.14. The van der Waals surface area contributed by atoms with Gasteiger partial charge in [-0.1, -0.05) is 11.6 Å². The van der Waals surface area contributed by atoms with Crippen molar-refractivity contribution in [2.45, 2.75) is 16.6 Å². The summed E-state index contributed by atoms with van der Waals surface area (Å²) < 4.78 is 0. The van der Waals surface area contributed by atoms with E-state index < -0.39 is 0 Å². The normalized spacial score (nSPS) is 20.3. The number of benzene rings is 1. The highest BCUT2D eigenvalue weighted by Crippen LogP contribution is 2.37. The second-order valence-corrected chi connectivity index (χ2v) is 5.03. The van der Waals surface area contributed by atoms with Crippen molar-refractivity contribution in [2.24, 2.45) is 0 Å². The van der Waals surface area contributed by atoms with Crippen LogP contribution in [-0.2, 0) is 6.42 Å². The van der Waals surface area contributed by atoms with Crippen LogP contribution in [0.1, 0.15) is 5.56 Å². The SMILES string of the molecule is CNCC1Cc2cc(Cl)ccc2S1. The fourth-order valence-electron chi connectivity index (χ4n) is 1.63. The lowest BCUT2D eigenvalue weighted by molar-refractivity contribution is 0.748. The second kappa shape index (κ2) is 3.91. The molecule has 1 N–H and O–H groups in total. The minimum Gasteiger partial charge on any atom is -0.319 e. The van der Waals surface area contributed by atoms with Gasteiger partial charge in [-0.15, -0.1) is 11.8 Å². The van der Waals surface area contributed by atoms with E-state index in [2.05, 4.69) is 17.4 Å². The summed E-state index contributed by atoms with van der Waals surface area (Å²) in [4.78, 5) is 1.39. The van der Waals surface area contributed by atoms with Crippen LogP contribution in [0.5, 0.6) is 0 Å². The Morgan fingerprint density at radius 3 is 3.23 bits per heavy atom. The van der Waals surface area contributed by atoms with E-state index >= 15 is 0 Å². The lowest BCUT2D eigenvalue weighted by Gasteiger charge is -2.05. The van der Waals surface area contributed by atoms with Crippen LogP contribution >= 0.6 is 23.4 Å². The summed E-state index contributed by atoms with van der Waals surface area (Å²) >= 11 is 7.87. The van der Waals surface area contributed by atoms with Gasteiger partial charge in [0.1, 0.15) is 0 Å². The molecule has 1 aromatic carbocycles. The predicted octanol–water partition coefficient (Wildman–Crippen LogP) is 2.58. The average Bonchev–Trinajstić information content (AvgIpc) is 2.46. The number of rotatable bonds is 2. The highest BCUT2D eigenvalue weighted by atomic mass is 35.5. The lowest BCUT2D eigenvalue weighted by Crippen LogP contribution is -2.20. The van der Waals surface area contributed by atoms with Crippen molar-refractivity contribution >= 4 is 23.4 Å². The zero-order chi connectivity index (χ0) is 9.26. The Morgan fingerprint density at radius 1 is 1.62 bits per heavy atom. The summed E-state index contributed by atoms with van der Waals surface area (Å²) in [7, 11) is 2.00. The molecule has 0 saturated carbocycles. The van der Waals surface area contributed by atoms with Crippen LogP contribution < -0.4 is 5.32 Å². The highest BCUT2D eigenvalue weighted by Gasteiger charge is 2.21. The summed E-state index contributed by atoms with van der Waals surface area (Å²) in [6.45, 7) is 1.07. The maximum Gasteiger partial charge on any atom is 0.0409 e. The first kappa shape index (κ1) is 9.38. The third kappa shape index (κ3) is 2.01. The number of hydrogen-bond donors (Lipinski definition) is 1. The third-order valence-corrected chi connectivity index (χ3v) is 3.75. The van der Waals surface area contributed by atoms with Gasteiger partial charge in [0.2, 0.25) is 0 Å². The van der Waals surface area contributed by atoms with Gasteiger partial charge in [-0.3, -0.25) is 0 Å². The van der Waals surface area contributed by atoms with Gasteiger partial charge in [0.15, 0.2) is 0 Å². The average molecular weight is 214 g/mol. The van der Waals surface area contributed by atoms with Crippen molar-refractivity contribution in [1.82, 2.24) is 5.32 Å². The first-order valence-electron chi connectivity index (χ1n) is 4.39. The summed E-state index contributed by atoms with van der Waals surface area (Å²) in [5.41, 5.74) is 1.40. The van der Waals surface area contributed by atoms with Crippen molar-refractivity contribution in [1.29, 1.82) is 0 Å². The van der Waals surface area contributed by atoms with E-state index in [-0.39, 0.29) is 0 Å². The molecule has 0 spiro atoms. The Balaban J connectivity index is 2.16. The Morgan fingerprint density at radius 2 is 2.46 bits per heavy atom. The molecule has 1 unspecified atom stereocenters. The molecule has 0 saturated heterocycles. The van der Waals surface area contributed by atoms with Gasteiger partial charge in [0.25, 0.3) is 0 Å². The molecule has 1 aliphatic heterocycles. The molecule has 0 fully saturated rings. The maximum atomic E-state index is 5.92. The molecule has 1 aromatic rings. The molecule has 13 heavy (non-hydrogen) atoms. The quantitative estimate of drug-likeness (QED) is 0.811. The van der Waals surface area contributed by atoms with Crippen molar-refractivity contribution in [3.63, 3.8) is 0 Å². The van der Waals surface area contributed by atoms with Crippen LogP contribution in [0.25, 0.3) is 0 Å². The molecule has 1 aliphatic rings. The first-order valence-corrected chi connectivity index (χ1v) is 5.65. The maximum absolute atomic E-state index is 5.92. The van der Waals surface area contributed by atoms with E-state index in [4.69, 9.17) is 11.6 Å². The third-order valence-electron chi connectivity index (χ3n) is 2.20. The molecule has 2 rings (SSSR count). The number of fused-ring (bicyclic) bond motifs is 1. The topological polar surface area (TPSA) is 12.0 Å². The van der Waals surface area contributed by atoms with E-state index in [1.807, 2.05) is 24.9 Å². The lowest BCUT2D eigenvalue weighted by atomic mass is 10.1. The number of hydrogen-bond acceptors (Lipinski definition) is 2. The Kier molecular flexibility index (Phi) is 2.82. The fraction of sp³-hybridized carbons (Fsp3) is 0.400. The predicted molar refractivity (Wildman–Crippen MR) is 58.7 cm³/mol. The zero-order valence-corrected chi connectivity index (χ0v) is 9.08. The van der Waals surface area contributed by atoms with Crippen LogP contribution in [0.4, 0.5) is 0 Å². The molecule has 70 valence electrons. The molecule has 1 atom stereocenters. The van der Waals surface area contributed by atoms with Crippen LogP contribution in [0, 0.1) is 0 Å². The summed E-state index contributed by atoms with van der Waals surface area (Å²) in [6.07, 6.45) is 1.14. The van der Waals surface area contributed by atoms with Crippen molar-refractivity contribution in [3.8, 4) is 0 Å². The molecular formula is C10H12ClNS. The van der Waals surface area contributed by atoms with Gasteiger partial charge in [-0.05, 0) is 37.2 Å². The summed E-state index contributed by atoms with van der Waals surface area (Å²) in [6, 6.07) is 6.17. The molecule has 0 amide bonds. The van der Waals surface area contributed by atoms with Gasteiger partial charge < -0.3 is 5.32 Å². The van der Waals surface area contributed by atoms with E-state index in [9.17, 15) is 0 Å². The van der Waals surface area contributed by atoms with Gasteiger partial charge in [0.05, 0.1) is 0 Å². The number of thioether (sulfide) groups is 1. The zero-order valence-electron chi connectivity index (χ0n) is 7.51. The van der Waals surface area contributed by atoms with Crippen molar-refractivity contribution < 1.29 is 0 Å². The monoisotopic (exact) mass is 213 g/mol. The molecule has 1 heterocycles. The molecule has 3 heteroatoms. The van der Waals surface area contributed by atoms with Crippen LogP contribution in [-0.4, -0.2) is 18.8 Å². The highest BCUT2D eigenvalue weighted by molar-refractivity contribution is 8.00. The second-order valence-electron chi connectivity index (χ2n) is 3.25. The van der Waals surface area contributed by atoms with Crippen LogP contribution in [0.2, 0.25) is 5.02 Å². The Hall–Kier alpha value is -0.180. The Bertz CT molecular complexity index is 314. The summed E-state index contributed by atoms with van der Waals surface area (Å²) in [5.74, 6) is 0. The van der Waals surface area contributed by atoms with Gasteiger partial charge in [-0.2, -0.15) is 0 Å². The largest absolute Gasteiger partial charge is 0.319 e. The van der Waals surface area contributed by atoms with Gasteiger partial charge in [-0.25, -0.2) is 0 Å². The smallest absolute Gasteiger partial charge is 0.0409 e.